The van der Waals surface area contributed by atoms with Crippen LogP contribution in [0.15, 0.2) is 21.0 Å². The standard InChI is InChI=1S/C8H8BrN3OS/c1-8(2,7(13)11-12-10)5-3-4-6(9)14-5/h3-4H,1-2H3. The first-order chi connectivity index (χ1) is 6.48. The quantitative estimate of drug-likeness (QED) is 0.461. The molecule has 0 aliphatic rings. The van der Waals surface area contributed by atoms with Crippen LogP contribution in [-0.2, 0) is 10.2 Å². The first-order valence-corrected chi connectivity index (χ1v) is 5.45. The van der Waals surface area contributed by atoms with Crippen LogP contribution in [0.5, 0.6) is 0 Å². The molecule has 0 spiro atoms. The molecule has 14 heavy (non-hydrogen) atoms. The van der Waals surface area contributed by atoms with Gasteiger partial charge in [0, 0.05) is 9.79 Å². The number of rotatable bonds is 2. The number of nitrogens with zero attached hydrogens (tertiary/aromatic N) is 3. The molecule has 74 valence electrons. The normalized spacial score (nSPS) is 10.8. The first-order valence-electron chi connectivity index (χ1n) is 3.84. The molecule has 0 atom stereocenters. The van der Waals surface area contributed by atoms with E-state index >= 15 is 0 Å². The van der Waals surface area contributed by atoms with Gasteiger partial charge in [0.25, 0.3) is 0 Å². The Morgan fingerprint density at radius 1 is 1.64 bits per heavy atom. The molecule has 0 aromatic carbocycles. The summed E-state index contributed by atoms with van der Waals surface area (Å²) in [5.74, 6) is -0.464. The average molecular weight is 274 g/mol. The minimum absolute atomic E-state index is 0.464. The number of halogens is 1. The number of amides is 1. The van der Waals surface area contributed by atoms with Crippen molar-refractivity contribution in [3.63, 3.8) is 0 Å². The van der Waals surface area contributed by atoms with E-state index in [-0.39, 0.29) is 0 Å². The molecule has 0 aliphatic carbocycles. The monoisotopic (exact) mass is 273 g/mol. The minimum atomic E-state index is -0.747. The number of hydrogen-bond acceptors (Lipinski definition) is 2. The van der Waals surface area contributed by atoms with Crippen LogP contribution >= 0.6 is 27.3 Å². The zero-order valence-electron chi connectivity index (χ0n) is 7.69. The molecule has 0 saturated carbocycles. The van der Waals surface area contributed by atoms with Gasteiger partial charge in [-0.05, 0) is 52.6 Å². The van der Waals surface area contributed by atoms with Crippen LogP contribution in [-0.4, -0.2) is 5.91 Å². The van der Waals surface area contributed by atoms with Crippen molar-refractivity contribution in [3.8, 4) is 0 Å². The minimum Gasteiger partial charge on any atom is -0.292 e. The molecule has 1 rings (SSSR count). The van der Waals surface area contributed by atoms with Gasteiger partial charge in [0.2, 0.25) is 5.91 Å². The van der Waals surface area contributed by atoms with Gasteiger partial charge in [-0.2, -0.15) is 0 Å². The van der Waals surface area contributed by atoms with Gasteiger partial charge in [0.1, 0.15) is 0 Å². The molecular weight excluding hydrogens is 266 g/mol. The Kier molecular flexibility index (Phi) is 3.31. The third kappa shape index (κ3) is 2.15. The fourth-order valence-corrected chi connectivity index (χ4v) is 2.40. The second kappa shape index (κ2) is 4.13. The van der Waals surface area contributed by atoms with Gasteiger partial charge < -0.3 is 0 Å². The number of azide groups is 1. The van der Waals surface area contributed by atoms with Crippen LogP contribution in [0.4, 0.5) is 0 Å². The molecule has 0 aliphatic heterocycles. The Labute approximate surface area is 93.7 Å². The van der Waals surface area contributed by atoms with Crippen molar-refractivity contribution in [2.75, 3.05) is 0 Å². The van der Waals surface area contributed by atoms with E-state index in [1.54, 1.807) is 13.8 Å². The molecular formula is C8H8BrN3OS. The Morgan fingerprint density at radius 3 is 2.71 bits per heavy atom. The maximum Gasteiger partial charge on any atom is 0.229 e. The number of hydrogen-bond donors (Lipinski definition) is 0. The van der Waals surface area contributed by atoms with E-state index in [2.05, 4.69) is 26.0 Å². The third-order valence-electron chi connectivity index (χ3n) is 1.86. The van der Waals surface area contributed by atoms with Crippen molar-refractivity contribution in [2.24, 2.45) is 5.11 Å². The summed E-state index contributed by atoms with van der Waals surface area (Å²) in [6.07, 6.45) is 0. The van der Waals surface area contributed by atoms with E-state index in [1.807, 2.05) is 12.1 Å². The molecule has 0 saturated heterocycles. The highest BCUT2D eigenvalue weighted by Crippen LogP contribution is 2.33. The third-order valence-corrected chi connectivity index (χ3v) is 3.81. The maximum atomic E-state index is 11.4. The zero-order valence-corrected chi connectivity index (χ0v) is 10.1. The van der Waals surface area contributed by atoms with Crippen molar-refractivity contribution in [1.29, 1.82) is 0 Å². The van der Waals surface area contributed by atoms with E-state index in [9.17, 15) is 4.79 Å². The van der Waals surface area contributed by atoms with Crippen molar-refractivity contribution >= 4 is 33.2 Å². The highest BCUT2D eigenvalue weighted by molar-refractivity contribution is 9.11. The highest BCUT2D eigenvalue weighted by atomic mass is 79.9. The lowest BCUT2D eigenvalue weighted by atomic mass is 9.91. The summed E-state index contributed by atoms with van der Waals surface area (Å²) < 4.78 is 0.953. The summed E-state index contributed by atoms with van der Waals surface area (Å²) in [5, 5.41) is 3.11. The number of carbonyl (C=O) groups is 1. The molecule has 0 radical (unpaired) electrons. The largest absolute Gasteiger partial charge is 0.292 e. The van der Waals surface area contributed by atoms with Gasteiger partial charge in [0.15, 0.2) is 0 Å². The Bertz CT molecular complexity index is 406. The van der Waals surface area contributed by atoms with E-state index in [1.165, 1.54) is 11.3 Å². The van der Waals surface area contributed by atoms with Gasteiger partial charge in [-0.1, -0.05) is 0 Å². The lowest BCUT2D eigenvalue weighted by Gasteiger charge is -2.17. The molecule has 4 nitrogen and oxygen atoms in total. The van der Waals surface area contributed by atoms with E-state index < -0.39 is 11.3 Å². The van der Waals surface area contributed by atoms with Crippen LogP contribution in [0, 0.1) is 0 Å². The number of thiophene rings is 1. The average Bonchev–Trinajstić information content (AvgIpc) is 2.52. The predicted octanol–water partition coefficient (Wildman–Crippen LogP) is 3.63. The van der Waals surface area contributed by atoms with E-state index in [4.69, 9.17) is 5.53 Å². The topological polar surface area (TPSA) is 65.8 Å². The molecule has 1 aromatic heterocycles. The van der Waals surface area contributed by atoms with Crippen LogP contribution in [0.25, 0.3) is 10.4 Å². The fraction of sp³-hybridized carbons (Fsp3) is 0.375. The van der Waals surface area contributed by atoms with Gasteiger partial charge in [-0.3, -0.25) is 4.79 Å². The van der Waals surface area contributed by atoms with Crippen molar-refractivity contribution in [3.05, 3.63) is 31.2 Å². The van der Waals surface area contributed by atoms with Crippen LogP contribution in [0.2, 0.25) is 0 Å². The van der Waals surface area contributed by atoms with E-state index in [0.717, 1.165) is 8.66 Å². The molecule has 0 unspecified atom stereocenters. The van der Waals surface area contributed by atoms with Gasteiger partial charge >= 0.3 is 0 Å². The lowest BCUT2D eigenvalue weighted by molar-refractivity contribution is -0.122. The SMILES string of the molecule is CC(C)(C(=O)N=[N+]=[N-])c1ccc(Br)s1. The Balaban J connectivity index is 3.06. The molecule has 6 heteroatoms. The number of carbonyl (C=O) groups excluding carboxylic acids is 1. The molecule has 0 N–H and O–H groups in total. The summed E-state index contributed by atoms with van der Waals surface area (Å²) in [5.41, 5.74) is 7.44. The first kappa shape index (κ1) is 11.2. The van der Waals surface area contributed by atoms with Crippen LogP contribution in [0.1, 0.15) is 18.7 Å². The molecule has 0 bridgehead atoms. The summed E-state index contributed by atoms with van der Waals surface area (Å²) in [6.45, 7) is 3.48. The van der Waals surface area contributed by atoms with Gasteiger partial charge in [-0.15, -0.1) is 11.3 Å². The van der Waals surface area contributed by atoms with Gasteiger partial charge in [-0.25, -0.2) is 0 Å². The summed E-state index contributed by atoms with van der Waals surface area (Å²) >= 11 is 4.78. The second-order valence-corrected chi connectivity index (χ2v) is 5.69. The van der Waals surface area contributed by atoms with Crippen molar-refractivity contribution < 1.29 is 4.79 Å². The maximum absolute atomic E-state index is 11.4. The highest BCUT2D eigenvalue weighted by Gasteiger charge is 2.30. The van der Waals surface area contributed by atoms with Gasteiger partial charge in [0.05, 0.1) is 9.20 Å². The van der Waals surface area contributed by atoms with Crippen LogP contribution < -0.4 is 0 Å². The second-order valence-electron chi connectivity index (χ2n) is 3.22. The van der Waals surface area contributed by atoms with Crippen molar-refractivity contribution in [2.45, 2.75) is 19.3 Å². The smallest absolute Gasteiger partial charge is 0.229 e. The predicted molar refractivity (Wildman–Crippen MR) is 59.2 cm³/mol. The fourth-order valence-electron chi connectivity index (χ4n) is 0.921. The Hall–Kier alpha value is -0.840. The summed E-state index contributed by atoms with van der Waals surface area (Å²) in [7, 11) is 0. The van der Waals surface area contributed by atoms with Crippen molar-refractivity contribution in [1.82, 2.24) is 0 Å². The molecule has 1 aromatic rings. The molecule has 1 amide bonds. The Morgan fingerprint density at radius 2 is 2.29 bits per heavy atom. The summed E-state index contributed by atoms with van der Waals surface area (Å²) in [6, 6.07) is 3.71. The lowest BCUT2D eigenvalue weighted by Crippen LogP contribution is -2.25. The summed E-state index contributed by atoms with van der Waals surface area (Å²) in [4.78, 5) is 14.8. The molecule has 1 heterocycles. The van der Waals surface area contributed by atoms with Crippen LogP contribution in [0.3, 0.4) is 0 Å². The zero-order chi connectivity index (χ0) is 10.8. The van der Waals surface area contributed by atoms with E-state index in [0.29, 0.717) is 0 Å². The molecule has 0 fully saturated rings.